The van der Waals surface area contributed by atoms with Crippen LogP contribution < -0.4 is 9.80 Å². The monoisotopic (exact) mass is 392 g/mol. The number of tetrazole rings is 1. The van der Waals surface area contributed by atoms with Gasteiger partial charge in [0.15, 0.2) is 5.82 Å². The molecule has 0 N–H and O–H groups in total. The maximum Gasteiger partial charge on any atom is 0.261 e. The lowest BCUT2D eigenvalue weighted by Crippen LogP contribution is -2.53. The van der Waals surface area contributed by atoms with Gasteiger partial charge in [-0.2, -0.15) is 4.68 Å². The molecule has 0 bridgehead atoms. The molecule has 2 aliphatic heterocycles. The number of aromatic nitrogens is 4. The van der Waals surface area contributed by atoms with Crippen molar-refractivity contribution >= 4 is 17.3 Å². The van der Waals surface area contributed by atoms with Crippen molar-refractivity contribution in [1.82, 2.24) is 20.2 Å². The number of anilines is 2. The Kier molecular flexibility index (Phi) is 4.26. The van der Waals surface area contributed by atoms with Crippen LogP contribution in [0.15, 0.2) is 42.5 Å². The van der Waals surface area contributed by atoms with E-state index in [-0.39, 0.29) is 17.5 Å². The zero-order valence-corrected chi connectivity index (χ0v) is 16.1. The first-order valence-corrected chi connectivity index (χ1v) is 9.86. The number of carbonyl (C=O) groups is 1. The van der Waals surface area contributed by atoms with Crippen molar-refractivity contribution in [2.24, 2.45) is 0 Å². The number of nitrogens with zero attached hydrogens (tertiary/aromatic N) is 6. The Bertz CT molecular complexity index is 1080. The van der Waals surface area contributed by atoms with Crippen LogP contribution in [0.25, 0.3) is 5.69 Å². The summed E-state index contributed by atoms with van der Waals surface area (Å²) in [6, 6.07) is 12.7. The van der Waals surface area contributed by atoms with Gasteiger partial charge in [-0.3, -0.25) is 4.79 Å². The highest BCUT2D eigenvalue weighted by Gasteiger charge is 2.35. The lowest BCUT2D eigenvalue weighted by molar-refractivity contribution is 0.0979. The Balaban J connectivity index is 1.51. The smallest absolute Gasteiger partial charge is 0.261 e. The van der Waals surface area contributed by atoms with Crippen LogP contribution >= 0.6 is 0 Å². The summed E-state index contributed by atoms with van der Waals surface area (Å²) in [5.41, 5.74) is 2.44. The molecular formula is C21H21FN6O. The van der Waals surface area contributed by atoms with Gasteiger partial charge in [0.2, 0.25) is 0 Å². The molecule has 1 atom stereocenters. The molecule has 0 radical (unpaired) electrons. The number of fused-ring (bicyclic) bond motifs is 3. The molecule has 7 nitrogen and oxygen atoms in total. The van der Waals surface area contributed by atoms with Crippen LogP contribution in [0.1, 0.15) is 35.4 Å². The number of para-hydroxylation sites is 2. The zero-order chi connectivity index (χ0) is 20.0. The maximum absolute atomic E-state index is 14.9. The third-order valence-corrected chi connectivity index (χ3v) is 5.80. The number of piperidine rings is 1. The van der Waals surface area contributed by atoms with Gasteiger partial charge in [-0.25, -0.2) is 4.39 Å². The molecule has 5 rings (SSSR count). The van der Waals surface area contributed by atoms with Crippen LogP contribution in [0.3, 0.4) is 0 Å². The van der Waals surface area contributed by atoms with Crippen LogP contribution in [-0.2, 0) is 0 Å². The van der Waals surface area contributed by atoms with Crippen molar-refractivity contribution in [3.05, 3.63) is 59.7 Å². The number of hydrogen-bond donors (Lipinski definition) is 0. The minimum atomic E-state index is -0.578. The first kappa shape index (κ1) is 17.8. The van der Waals surface area contributed by atoms with E-state index in [1.54, 1.807) is 17.9 Å². The number of rotatable bonds is 2. The van der Waals surface area contributed by atoms with Crippen molar-refractivity contribution < 1.29 is 9.18 Å². The van der Waals surface area contributed by atoms with Crippen LogP contribution in [0, 0.1) is 12.7 Å². The molecule has 3 aromatic rings. The quantitative estimate of drug-likeness (QED) is 0.670. The van der Waals surface area contributed by atoms with Crippen LogP contribution in [0.5, 0.6) is 0 Å². The molecule has 1 fully saturated rings. The average molecular weight is 392 g/mol. The summed E-state index contributed by atoms with van der Waals surface area (Å²) in [7, 11) is 0. The Morgan fingerprint density at radius 2 is 1.97 bits per heavy atom. The molecule has 1 aromatic heterocycles. The van der Waals surface area contributed by atoms with Crippen LogP contribution in [0.4, 0.5) is 15.8 Å². The topological polar surface area (TPSA) is 67.2 Å². The van der Waals surface area contributed by atoms with Crippen molar-refractivity contribution in [1.29, 1.82) is 0 Å². The number of amides is 1. The normalized spacial score (nSPS) is 18.3. The fourth-order valence-electron chi connectivity index (χ4n) is 4.37. The molecule has 0 aliphatic carbocycles. The van der Waals surface area contributed by atoms with E-state index in [0.717, 1.165) is 37.2 Å². The predicted octanol–water partition coefficient (Wildman–Crippen LogP) is 3.13. The predicted molar refractivity (Wildman–Crippen MR) is 107 cm³/mol. The number of aryl methyl sites for hydroxylation is 1. The fraction of sp³-hybridized carbons (Fsp3) is 0.333. The fourth-order valence-corrected chi connectivity index (χ4v) is 4.37. The molecule has 2 aliphatic rings. The Morgan fingerprint density at radius 3 is 2.72 bits per heavy atom. The molecule has 0 saturated carbocycles. The first-order chi connectivity index (χ1) is 14.1. The second-order valence-corrected chi connectivity index (χ2v) is 7.55. The number of carbonyl (C=O) groups excluding carboxylic acids is 1. The third kappa shape index (κ3) is 2.95. The summed E-state index contributed by atoms with van der Waals surface area (Å²) in [6.07, 6.45) is 3.35. The highest BCUT2D eigenvalue weighted by molar-refractivity contribution is 6.08. The second kappa shape index (κ2) is 6.95. The van der Waals surface area contributed by atoms with Gasteiger partial charge in [-0.1, -0.05) is 12.1 Å². The lowest BCUT2D eigenvalue weighted by Gasteiger charge is -2.46. The van der Waals surface area contributed by atoms with Gasteiger partial charge in [0.05, 0.1) is 22.6 Å². The molecule has 29 heavy (non-hydrogen) atoms. The Labute approximate surface area is 167 Å². The molecular weight excluding hydrogens is 371 g/mol. The number of hydrogen-bond acceptors (Lipinski definition) is 5. The van der Waals surface area contributed by atoms with E-state index in [1.807, 2.05) is 24.3 Å². The molecule has 8 heteroatoms. The lowest BCUT2D eigenvalue weighted by atomic mass is 9.96. The van der Waals surface area contributed by atoms with Gasteiger partial charge in [0.1, 0.15) is 5.82 Å². The van der Waals surface area contributed by atoms with E-state index in [0.29, 0.717) is 18.1 Å². The summed E-state index contributed by atoms with van der Waals surface area (Å²) < 4.78 is 16.4. The minimum absolute atomic E-state index is 0.0542. The van der Waals surface area contributed by atoms with Gasteiger partial charge in [0.25, 0.3) is 5.91 Å². The molecule has 1 unspecified atom stereocenters. The van der Waals surface area contributed by atoms with Crippen molar-refractivity contribution in [3.8, 4) is 5.69 Å². The van der Waals surface area contributed by atoms with Crippen LogP contribution in [-0.4, -0.2) is 45.2 Å². The largest absolute Gasteiger partial charge is 0.365 e. The van der Waals surface area contributed by atoms with Gasteiger partial charge in [-0.05, 0) is 60.9 Å². The molecule has 3 heterocycles. The van der Waals surface area contributed by atoms with Gasteiger partial charge in [0, 0.05) is 25.2 Å². The Morgan fingerprint density at radius 1 is 1.14 bits per heavy atom. The van der Waals surface area contributed by atoms with E-state index >= 15 is 0 Å². The van der Waals surface area contributed by atoms with E-state index in [1.165, 1.54) is 16.8 Å². The molecule has 1 amide bonds. The molecule has 2 aromatic carbocycles. The molecule has 0 spiro atoms. The average Bonchev–Trinajstić information content (AvgIpc) is 3.18. The standard InChI is InChI=1S/C21H21FN6O/c1-14-23-24-25-28(14)15-9-10-17(18(22)12-15)21(29)27-13-16-6-4-5-11-26(16)19-7-2-3-8-20(19)27/h2-3,7-10,12,16H,4-6,11,13H2,1H3. The molecule has 148 valence electrons. The van der Waals surface area contributed by atoms with E-state index < -0.39 is 5.82 Å². The summed E-state index contributed by atoms with van der Waals surface area (Å²) in [6.45, 7) is 3.30. The van der Waals surface area contributed by atoms with E-state index in [4.69, 9.17) is 0 Å². The summed E-state index contributed by atoms with van der Waals surface area (Å²) in [5.74, 6) is -0.350. The minimum Gasteiger partial charge on any atom is -0.365 e. The third-order valence-electron chi connectivity index (χ3n) is 5.80. The maximum atomic E-state index is 14.9. The highest BCUT2D eigenvalue weighted by Crippen LogP contribution is 2.39. The van der Waals surface area contributed by atoms with Crippen LogP contribution in [0.2, 0.25) is 0 Å². The number of halogens is 1. The van der Waals surface area contributed by atoms with Crippen molar-refractivity contribution in [2.45, 2.75) is 32.2 Å². The Hall–Kier alpha value is -3.29. The second-order valence-electron chi connectivity index (χ2n) is 7.55. The number of benzene rings is 2. The van der Waals surface area contributed by atoms with Crippen molar-refractivity contribution in [3.63, 3.8) is 0 Å². The van der Waals surface area contributed by atoms with Gasteiger partial charge < -0.3 is 9.80 Å². The summed E-state index contributed by atoms with van der Waals surface area (Å²) in [5, 5.41) is 11.3. The summed E-state index contributed by atoms with van der Waals surface area (Å²) >= 11 is 0. The molecule has 1 saturated heterocycles. The van der Waals surface area contributed by atoms with E-state index in [9.17, 15) is 9.18 Å². The van der Waals surface area contributed by atoms with Crippen molar-refractivity contribution in [2.75, 3.05) is 22.9 Å². The highest BCUT2D eigenvalue weighted by atomic mass is 19.1. The zero-order valence-electron chi connectivity index (χ0n) is 16.1. The van der Waals surface area contributed by atoms with E-state index in [2.05, 4.69) is 20.4 Å². The van der Waals surface area contributed by atoms with Gasteiger partial charge >= 0.3 is 0 Å². The van der Waals surface area contributed by atoms with Gasteiger partial charge in [-0.15, -0.1) is 5.10 Å². The SMILES string of the molecule is Cc1nnnn1-c1ccc(C(=O)N2CC3CCCCN3c3ccccc32)c(F)c1. The summed E-state index contributed by atoms with van der Waals surface area (Å²) in [4.78, 5) is 17.5. The first-order valence-electron chi connectivity index (χ1n) is 9.86.